The summed E-state index contributed by atoms with van der Waals surface area (Å²) in [6.07, 6.45) is 1.58. The van der Waals surface area contributed by atoms with E-state index >= 15 is 0 Å². The fourth-order valence-electron chi connectivity index (χ4n) is 3.67. The molecule has 0 unspecified atom stereocenters. The van der Waals surface area contributed by atoms with Gasteiger partial charge in [-0.25, -0.2) is 0 Å². The van der Waals surface area contributed by atoms with Crippen molar-refractivity contribution in [3.05, 3.63) is 81.9 Å². The molecular formula is C26H26ClNO3. The minimum atomic E-state index is 0.00150. The molecule has 1 aliphatic rings. The van der Waals surface area contributed by atoms with Crippen molar-refractivity contribution in [3.63, 3.8) is 0 Å². The number of hydrogen-bond donors (Lipinski definition) is 1. The zero-order chi connectivity index (χ0) is 22.0. The summed E-state index contributed by atoms with van der Waals surface area (Å²) in [5.74, 6) is 0.866. The average Bonchev–Trinajstić information content (AvgIpc) is 3.61. The third-order valence-corrected chi connectivity index (χ3v) is 5.98. The lowest BCUT2D eigenvalue weighted by Crippen LogP contribution is -2.19. The van der Waals surface area contributed by atoms with Gasteiger partial charge in [-0.05, 0) is 71.8 Å². The number of halogens is 1. The van der Waals surface area contributed by atoms with Crippen LogP contribution in [0.1, 0.15) is 29.2 Å². The third kappa shape index (κ3) is 5.02. The molecule has 0 radical (unpaired) electrons. The molecule has 0 aliphatic carbocycles. The molecule has 0 bridgehead atoms. The van der Waals surface area contributed by atoms with Crippen molar-refractivity contribution in [3.8, 4) is 22.6 Å². The summed E-state index contributed by atoms with van der Waals surface area (Å²) in [6.45, 7) is 5.78. The van der Waals surface area contributed by atoms with E-state index in [1.54, 1.807) is 17.0 Å². The molecule has 1 amide bonds. The molecule has 1 fully saturated rings. The molecule has 3 aromatic carbocycles. The fourth-order valence-corrected chi connectivity index (χ4v) is 4.00. The van der Waals surface area contributed by atoms with E-state index in [2.05, 4.69) is 19.1 Å². The first kappa shape index (κ1) is 21.3. The van der Waals surface area contributed by atoms with Crippen LogP contribution < -0.4 is 4.74 Å². The number of amides is 1. The molecule has 160 valence electrons. The second kappa shape index (κ2) is 9.03. The summed E-state index contributed by atoms with van der Waals surface area (Å²) < 4.78 is 5.64. The Morgan fingerprint density at radius 3 is 2.61 bits per heavy atom. The lowest BCUT2D eigenvalue weighted by molar-refractivity contribution is -0.127. The molecular weight excluding hydrogens is 410 g/mol. The number of benzene rings is 3. The second-order valence-corrected chi connectivity index (χ2v) is 8.36. The molecule has 0 aromatic heterocycles. The van der Waals surface area contributed by atoms with Gasteiger partial charge < -0.3 is 14.7 Å². The van der Waals surface area contributed by atoms with Crippen LogP contribution in [0.15, 0.2) is 54.6 Å². The van der Waals surface area contributed by atoms with Crippen LogP contribution in [0.4, 0.5) is 0 Å². The Balaban J connectivity index is 1.55. The molecule has 1 aliphatic heterocycles. The zero-order valence-electron chi connectivity index (χ0n) is 17.8. The van der Waals surface area contributed by atoms with Crippen LogP contribution in [0.3, 0.4) is 0 Å². The molecule has 1 heterocycles. The highest BCUT2D eigenvalue weighted by Gasteiger charge is 2.24. The predicted octanol–water partition coefficient (Wildman–Crippen LogP) is 5.40. The van der Waals surface area contributed by atoms with Gasteiger partial charge in [0.05, 0.1) is 0 Å². The Morgan fingerprint density at radius 1 is 1.10 bits per heavy atom. The van der Waals surface area contributed by atoms with Gasteiger partial charge in [0.25, 0.3) is 5.91 Å². The summed E-state index contributed by atoms with van der Waals surface area (Å²) in [6, 6.07) is 17.6. The van der Waals surface area contributed by atoms with E-state index < -0.39 is 0 Å². The normalized spacial score (nSPS) is 12.7. The summed E-state index contributed by atoms with van der Waals surface area (Å²) >= 11 is 6.58. The molecule has 1 saturated heterocycles. The van der Waals surface area contributed by atoms with Gasteiger partial charge in [0.2, 0.25) is 0 Å². The van der Waals surface area contributed by atoms with Gasteiger partial charge in [0.1, 0.15) is 11.5 Å². The average molecular weight is 436 g/mol. The highest BCUT2D eigenvalue weighted by atomic mass is 35.5. The number of hydrogen-bond acceptors (Lipinski definition) is 3. The van der Waals surface area contributed by atoms with E-state index in [9.17, 15) is 9.90 Å². The predicted molar refractivity (Wildman–Crippen MR) is 124 cm³/mol. The van der Waals surface area contributed by atoms with Crippen molar-refractivity contribution in [1.29, 1.82) is 0 Å². The van der Waals surface area contributed by atoms with Crippen molar-refractivity contribution >= 4 is 17.5 Å². The van der Waals surface area contributed by atoms with E-state index in [-0.39, 0.29) is 18.3 Å². The Hall–Kier alpha value is -2.98. The molecule has 5 heteroatoms. The zero-order valence-corrected chi connectivity index (χ0v) is 18.6. The summed E-state index contributed by atoms with van der Waals surface area (Å²) in [4.78, 5) is 13.6. The molecule has 3 aromatic rings. The quantitative estimate of drug-likeness (QED) is 0.506. The number of rotatable bonds is 7. The number of ether oxygens (including phenoxy) is 1. The molecule has 4 nitrogen and oxygen atoms in total. The van der Waals surface area contributed by atoms with Gasteiger partial charge in [-0.2, -0.15) is 0 Å². The molecule has 0 atom stereocenters. The summed E-state index contributed by atoms with van der Waals surface area (Å²) in [7, 11) is 0. The van der Waals surface area contributed by atoms with E-state index in [0.717, 1.165) is 47.3 Å². The number of carbonyl (C=O) groups is 1. The van der Waals surface area contributed by atoms with Crippen LogP contribution in [-0.2, 0) is 17.6 Å². The van der Waals surface area contributed by atoms with Crippen molar-refractivity contribution in [1.82, 2.24) is 4.90 Å². The fraction of sp³-hybridized carbons (Fsp3) is 0.269. The Morgan fingerprint density at radius 2 is 1.90 bits per heavy atom. The second-order valence-electron chi connectivity index (χ2n) is 7.95. The topological polar surface area (TPSA) is 49.5 Å². The van der Waals surface area contributed by atoms with Crippen molar-refractivity contribution < 1.29 is 14.6 Å². The summed E-state index contributed by atoms with van der Waals surface area (Å²) in [5, 5.41) is 11.0. The standard InChI is InChI=1S/C26H26ClNO3/c1-3-18-5-4-6-20(12-18)23-14-19(7-8-25(23)29)13-22-17(2)11-21(15-24(22)27)31-16-26(30)28-9-10-28/h4-8,11-12,14-15,29H,3,9-10,13,16H2,1-2H3. The minimum absolute atomic E-state index is 0.00150. The van der Waals surface area contributed by atoms with Crippen LogP contribution in [-0.4, -0.2) is 35.6 Å². The van der Waals surface area contributed by atoms with Gasteiger partial charge in [-0.15, -0.1) is 0 Å². The van der Waals surface area contributed by atoms with Gasteiger partial charge in [-0.1, -0.05) is 48.9 Å². The number of phenols is 1. The number of phenolic OH excluding ortho intramolecular Hbond substituents is 1. The Labute approximate surface area is 188 Å². The van der Waals surface area contributed by atoms with Crippen LogP contribution >= 0.6 is 11.6 Å². The SMILES string of the molecule is CCc1cccc(-c2cc(Cc3c(C)cc(OCC(=O)N4CC4)cc3Cl)ccc2O)c1. The lowest BCUT2D eigenvalue weighted by atomic mass is 9.95. The van der Waals surface area contributed by atoms with Crippen LogP contribution in [0.2, 0.25) is 5.02 Å². The van der Waals surface area contributed by atoms with Crippen molar-refractivity contribution in [2.45, 2.75) is 26.7 Å². The Kier molecular flexibility index (Phi) is 6.19. The molecule has 0 saturated carbocycles. The highest BCUT2D eigenvalue weighted by molar-refractivity contribution is 6.31. The van der Waals surface area contributed by atoms with E-state index in [4.69, 9.17) is 16.3 Å². The van der Waals surface area contributed by atoms with E-state index in [0.29, 0.717) is 17.2 Å². The number of aryl methyl sites for hydroxylation is 2. The van der Waals surface area contributed by atoms with Gasteiger partial charge in [0.15, 0.2) is 6.61 Å². The van der Waals surface area contributed by atoms with Crippen LogP contribution in [0, 0.1) is 6.92 Å². The van der Waals surface area contributed by atoms with Gasteiger partial charge >= 0.3 is 0 Å². The number of carbonyl (C=O) groups excluding carboxylic acids is 1. The first-order valence-electron chi connectivity index (χ1n) is 10.6. The summed E-state index contributed by atoms with van der Waals surface area (Å²) in [5.41, 5.74) is 6.12. The molecule has 0 spiro atoms. The molecule has 1 N–H and O–H groups in total. The largest absolute Gasteiger partial charge is 0.507 e. The Bertz CT molecular complexity index is 1100. The maximum absolute atomic E-state index is 11.8. The molecule has 31 heavy (non-hydrogen) atoms. The maximum atomic E-state index is 11.8. The van der Waals surface area contributed by atoms with Crippen molar-refractivity contribution in [2.75, 3.05) is 19.7 Å². The minimum Gasteiger partial charge on any atom is -0.507 e. The highest BCUT2D eigenvalue weighted by Crippen LogP contribution is 2.33. The van der Waals surface area contributed by atoms with Crippen molar-refractivity contribution in [2.24, 2.45) is 0 Å². The first-order chi connectivity index (χ1) is 14.9. The first-order valence-corrected chi connectivity index (χ1v) is 10.9. The third-order valence-electron chi connectivity index (χ3n) is 5.64. The monoisotopic (exact) mass is 435 g/mol. The maximum Gasteiger partial charge on any atom is 0.260 e. The van der Waals surface area contributed by atoms with Gasteiger partial charge in [-0.3, -0.25) is 4.79 Å². The molecule has 4 rings (SSSR count). The lowest BCUT2D eigenvalue weighted by Gasteiger charge is -2.14. The smallest absolute Gasteiger partial charge is 0.260 e. The number of aromatic hydroxyl groups is 1. The van der Waals surface area contributed by atoms with Crippen LogP contribution in [0.25, 0.3) is 11.1 Å². The van der Waals surface area contributed by atoms with Crippen LogP contribution in [0.5, 0.6) is 11.5 Å². The van der Waals surface area contributed by atoms with E-state index in [1.165, 1.54) is 5.56 Å². The van der Waals surface area contributed by atoms with Gasteiger partial charge in [0, 0.05) is 23.7 Å². The number of nitrogens with zero attached hydrogens (tertiary/aromatic N) is 1. The van der Waals surface area contributed by atoms with E-state index in [1.807, 2.05) is 37.3 Å².